The SMILES string of the molecule is CC[NH+](CC)Cc1c([O-])ccc2c1O/C(=C\c1ccccc1Br)C2=O. The van der Waals surface area contributed by atoms with E-state index < -0.39 is 0 Å². The van der Waals surface area contributed by atoms with Gasteiger partial charge in [-0.2, -0.15) is 0 Å². The van der Waals surface area contributed by atoms with E-state index in [4.69, 9.17) is 4.74 Å². The lowest BCUT2D eigenvalue weighted by atomic mass is 10.0. The van der Waals surface area contributed by atoms with Crippen molar-refractivity contribution in [2.75, 3.05) is 13.1 Å². The van der Waals surface area contributed by atoms with Gasteiger partial charge in [0.2, 0.25) is 5.78 Å². The van der Waals surface area contributed by atoms with Gasteiger partial charge in [-0.25, -0.2) is 0 Å². The van der Waals surface area contributed by atoms with E-state index in [1.807, 2.05) is 24.3 Å². The Balaban J connectivity index is 2.00. The standard InChI is InChI=1S/C20H20BrNO3/c1-3-22(4-2)12-15-17(23)10-9-14-19(24)18(25-20(14)15)11-13-7-5-6-8-16(13)21/h5-11,23H,3-4,12H2,1-2H3/b18-11-. The summed E-state index contributed by atoms with van der Waals surface area (Å²) in [6, 6.07) is 10.7. The fourth-order valence-electron chi connectivity index (χ4n) is 2.94. The van der Waals surface area contributed by atoms with E-state index in [1.165, 1.54) is 11.0 Å². The first-order chi connectivity index (χ1) is 12.0. The van der Waals surface area contributed by atoms with Gasteiger partial charge in [0.1, 0.15) is 12.3 Å². The van der Waals surface area contributed by atoms with Crippen LogP contribution in [0.4, 0.5) is 0 Å². The fourth-order valence-corrected chi connectivity index (χ4v) is 3.34. The summed E-state index contributed by atoms with van der Waals surface area (Å²) in [6.07, 6.45) is 1.71. The van der Waals surface area contributed by atoms with Crippen LogP contribution in [-0.4, -0.2) is 18.9 Å². The largest absolute Gasteiger partial charge is 0.872 e. The number of carbonyl (C=O) groups is 1. The van der Waals surface area contributed by atoms with Crippen molar-refractivity contribution in [3.63, 3.8) is 0 Å². The van der Waals surface area contributed by atoms with E-state index in [9.17, 15) is 9.90 Å². The van der Waals surface area contributed by atoms with Crippen LogP contribution in [0.2, 0.25) is 0 Å². The van der Waals surface area contributed by atoms with Gasteiger partial charge in [-0.05, 0) is 37.6 Å². The molecule has 1 N–H and O–H groups in total. The third-order valence-electron chi connectivity index (χ3n) is 4.52. The van der Waals surface area contributed by atoms with Gasteiger partial charge in [-0.3, -0.25) is 4.79 Å². The van der Waals surface area contributed by atoms with Crippen molar-refractivity contribution in [2.45, 2.75) is 20.4 Å². The van der Waals surface area contributed by atoms with Crippen molar-refractivity contribution >= 4 is 27.8 Å². The molecule has 1 heterocycles. The third-order valence-corrected chi connectivity index (χ3v) is 5.24. The molecule has 0 atom stereocenters. The summed E-state index contributed by atoms with van der Waals surface area (Å²) in [6.45, 7) is 6.54. The van der Waals surface area contributed by atoms with E-state index in [2.05, 4.69) is 29.8 Å². The van der Waals surface area contributed by atoms with Gasteiger partial charge in [-0.1, -0.05) is 45.9 Å². The highest BCUT2D eigenvalue weighted by atomic mass is 79.9. The monoisotopic (exact) mass is 401 g/mol. The van der Waals surface area contributed by atoms with Crippen molar-refractivity contribution in [3.05, 3.63) is 63.3 Å². The maximum Gasteiger partial charge on any atom is 0.231 e. The topological polar surface area (TPSA) is 53.8 Å². The Bertz CT molecular complexity index is 841. The highest BCUT2D eigenvalue weighted by Gasteiger charge is 2.30. The molecule has 2 aromatic carbocycles. The summed E-state index contributed by atoms with van der Waals surface area (Å²) in [5.74, 6) is 0.424. The zero-order valence-electron chi connectivity index (χ0n) is 14.3. The van der Waals surface area contributed by atoms with Crippen LogP contribution in [0.5, 0.6) is 11.5 Å². The number of fused-ring (bicyclic) bond motifs is 1. The molecule has 130 valence electrons. The predicted molar refractivity (Wildman–Crippen MR) is 98.7 cm³/mol. The molecule has 0 saturated carbocycles. The normalized spacial score (nSPS) is 14.9. The molecule has 2 aromatic rings. The van der Waals surface area contributed by atoms with Gasteiger partial charge in [0.15, 0.2) is 5.76 Å². The molecule has 0 aromatic heterocycles. The van der Waals surface area contributed by atoms with Gasteiger partial charge in [-0.15, -0.1) is 0 Å². The molecule has 3 rings (SSSR count). The lowest BCUT2D eigenvalue weighted by Gasteiger charge is -2.21. The number of allylic oxidation sites excluding steroid dienone is 1. The van der Waals surface area contributed by atoms with E-state index in [-0.39, 0.29) is 17.3 Å². The first-order valence-electron chi connectivity index (χ1n) is 8.40. The second kappa shape index (κ2) is 7.42. The maximum absolute atomic E-state index is 12.7. The Labute approximate surface area is 155 Å². The minimum absolute atomic E-state index is 0.0758. The molecule has 5 heteroatoms. The molecule has 0 saturated heterocycles. The first-order valence-corrected chi connectivity index (χ1v) is 9.19. The molecule has 0 aliphatic carbocycles. The van der Waals surface area contributed by atoms with Crippen LogP contribution in [0.1, 0.15) is 35.3 Å². The Morgan fingerprint density at radius 3 is 2.56 bits per heavy atom. The molecule has 0 amide bonds. The molecule has 0 spiro atoms. The second-order valence-electron chi connectivity index (χ2n) is 6.01. The molecular formula is C20H20BrNO3. The first kappa shape index (κ1) is 17.7. The lowest BCUT2D eigenvalue weighted by molar-refractivity contribution is -0.910. The number of Topliss-reactive ketones (excluding diaryl/α,β-unsaturated/α-hetero) is 1. The van der Waals surface area contributed by atoms with Crippen molar-refractivity contribution in [3.8, 4) is 11.5 Å². The number of nitrogens with one attached hydrogen (secondary N) is 1. The summed E-state index contributed by atoms with van der Waals surface area (Å²) in [5.41, 5.74) is 1.91. The summed E-state index contributed by atoms with van der Waals surface area (Å²) in [7, 11) is 0. The molecule has 4 nitrogen and oxygen atoms in total. The van der Waals surface area contributed by atoms with Crippen LogP contribution in [0.25, 0.3) is 6.08 Å². The Morgan fingerprint density at radius 1 is 1.16 bits per heavy atom. The Hall–Kier alpha value is -2.11. The number of hydrogen-bond acceptors (Lipinski definition) is 3. The van der Waals surface area contributed by atoms with Crippen molar-refractivity contribution in [2.24, 2.45) is 0 Å². The van der Waals surface area contributed by atoms with E-state index in [1.54, 1.807) is 12.1 Å². The van der Waals surface area contributed by atoms with Crippen molar-refractivity contribution in [1.82, 2.24) is 0 Å². The number of hydrogen-bond donors (Lipinski definition) is 1. The van der Waals surface area contributed by atoms with Gasteiger partial charge in [0.25, 0.3) is 0 Å². The lowest BCUT2D eigenvalue weighted by Crippen LogP contribution is -3.10. The summed E-state index contributed by atoms with van der Waals surface area (Å²) in [5, 5.41) is 12.3. The average molecular weight is 402 g/mol. The second-order valence-corrected chi connectivity index (χ2v) is 6.87. The third kappa shape index (κ3) is 3.48. The zero-order chi connectivity index (χ0) is 18.0. The van der Waals surface area contributed by atoms with Gasteiger partial charge < -0.3 is 14.7 Å². The molecule has 0 radical (unpaired) electrons. The molecule has 25 heavy (non-hydrogen) atoms. The average Bonchev–Trinajstić information content (AvgIpc) is 2.92. The summed E-state index contributed by atoms with van der Waals surface area (Å²) < 4.78 is 6.74. The highest BCUT2D eigenvalue weighted by molar-refractivity contribution is 9.10. The minimum Gasteiger partial charge on any atom is -0.872 e. The predicted octanol–water partition coefficient (Wildman–Crippen LogP) is 2.56. The van der Waals surface area contributed by atoms with Crippen LogP contribution in [-0.2, 0) is 6.54 Å². The maximum atomic E-state index is 12.7. The smallest absolute Gasteiger partial charge is 0.231 e. The molecule has 0 unspecified atom stereocenters. The van der Waals surface area contributed by atoms with Crippen LogP contribution in [0.3, 0.4) is 0 Å². The molecule has 0 fully saturated rings. The van der Waals surface area contributed by atoms with Crippen LogP contribution in [0, 0.1) is 0 Å². The fraction of sp³-hybridized carbons (Fsp3) is 0.250. The Kier molecular flexibility index (Phi) is 5.25. The number of carbonyl (C=O) groups excluding carboxylic acids is 1. The van der Waals surface area contributed by atoms with E-state index >= 15 is 0 Å². The van der Waals surface area contributed by atoms with E-state index in [0.717, 1.165) is 23.1 Å². The number of quaternary nitrogens is 1. The van der Waals surface area contributed by atoms with Crippen LogP contribution < -0.4 is 14.7 Å². The summed E-state index contributed by atoms with van der Waals surface area (Å²) >= 11 is 3.47. The molecule has 0 bridgehead atoms. The summed E-state index contributed by atoms with van der Waals surface area (Å²) in [4.78, 5) is 14.0. The number of rotatable bonds is 5. The number of benzene rings is 2. The molecular weight excluding hydrogens is 382 g/mol. The van der Waals surface area contributed by atoms with E-state index in [0.29, 0.717) is 23.4 Å². The highest BCUT2D eigenvalue weighted by Crippen LogP contribution is 2.38. The quantitative estimate of drug-likeness (QED) is 0.783. The Morgan fingerprint density at radius 2 is 1.88 bits per heavy atom. The number of halogens is 1. The van der Waals surface area contributed by atoms with Crippen molar-refractivity contribution < 1.29 is 19.5 Å². The molecule has 1 aliphatic rings. The number of ether oxygens (including phenoxy) is 1. The van der Waals surface area contributed by atoms with Crippen LogP contribution in [0.15, 0.2) is 46.6 Å². The minimum atomic E-state index is -0.179. The zero-order valence-corrected chi connectivity index (χ0v) is 15.9. The van der Waals surface area contributed by atoms with Crippen LogP contribution >= 0.6 is 15.9 Å². The van der Waals surface area contributed by atoms with Gasteiger partial charge >= 0.3 is 0 Å². The molecule has 1 aliphatic heterocycles. The van der Waals surface area contributed by atoms with Gasteiger partial charge in [0, 0.05) is 10.0 Å². The number of ketones is 1. The van der Waals surface area contributed by atoms with Gasteiger partial charge in [0.05, 0.1) is 18.7 Å². The van der Waals surface area contributed by atoms with Crippen molar-refractivity contribution in [1.29, 1.82) is 0 Å².